The summed E-state index contributed by atoms with van der Waals surface area (Å²) in [6.45, 7) is 0. The summed E-state index contributed by atoms with van der Waals surface area (Å²) in [5, 5.41) is 10.4. The lowest BCUT2D eigenvalue weighted by molar-refractivity contribution is -0.124. The van der Waals surface area contributed by atoms with Crippen molar-refractivity contribution in [3.8, 4) is 0 Å². The van der Waals surface area contributed by atoms with Crippen molar-refractivity contribution >= 4 is 5.91 Å². The van der Waals surface area contributed by atoms with Crippen molar-refractivity contribution in [3.63, 3.8) is 0 Å². The highest BCUT2D eigenvalue weighted by Gasteiger charge is 2.51. The molecule has 0 saturated heterocycles. The number of hydrogen-bond acceptors (Lipinski definition) is 2. The van der Waals surface area contributed by atoms with E-state index in [1.165, 1.54) is 11.3 Å². The summed E-state index contributed by atoms with van der Waals surface area (Å²) >= 11 is 0. The Morgan fingerprint density at radius 1 is 1.29 bits per heavy atom. The zero-order valence-electron chi connectivity index (χ0n) is 11.9. The number of H-pyrrole nitrogens is 1. The van der Waals surface area contributed by atoms with Crippen LogP contribution >= 0.6 is 0 Å². The summed E-state index contributed by atoms with van der Waals surface area (Å²) in [4.78, 5) is 12.8. The molecule has 1 unspecified atom stereocenters. The monoisotopic (exact) mass is 281 g/mol. The van der Waals surface area contributed by atoms with Gasteiger partial charge in [-0.1, -0.05) is 30.3 Å². The fourth-order valence-corrected chi connectivity index (χ4v) is 3.44. The van der Waals surface area contributed by atoms with Crippen molar-refractivity contribution in [2.45, 2.75) is 43.6 Å². The minimum absolute atomic E-state index is 0.112. The number of amides is 1. The second-order valence-corrected chi connectivity index (χ2v) is 6.17. The topological polar surface area (TPSA) is 57.8 Å². The molecule has 0 aliphatic heterocycles. The van der Waals surface area contributed by atoms with Crippen molar-refractivity contribution in [1.29, 1.82) is 0 Å². The molecule has 4 nitrogen and oxygen atoms in total. The molecule has 4 heteroatoms. The largest absolute Gasteiger partial charge is 0.348 e. The number of nitrogens with zero attached hydrogens (tertiary/aromatic N) is 1. The van der Waals surface area contributed by atoms with Crippen LogP contribution in [0.3, 0.4) is 0 Å². The van der Waals surface area contributed by atoms with Crippen LogP contribution in [0.25, 0.3) is 0 Å². The van der Waals surface area contributed by atoms with Crippen molar-refractivity contribution in [2.24, 2.45) is 0 Å². The van der Waals surface area contributed by atoms with E-state index in [1.807, 2.05) is 24.4 Å². The van der Waals surface area contributed by atoms with Crippen molar-refractivity contribution in [1.82, 2.24) is 15.5 Å². The molecule has 1 atom stereocenters. The number of aromatic amines is 1. The molecule has 1 fully saturated rings. The Labute approximate surface area is 124 Å². The number of nitrogens with one attached hydrogen (secondary N) is 2. The molecule has 1 amide bonds. The summed E-state index contributed by atoms with van der Waals surface area (Å²) in [5.41, 5.74) is 3.20. The maximum Gasteiger partial charge on any atom is 0.231 e. The molecule has 2 N–H and O–H groups in total. The summed E-state index contributed by atoms with van der Waals surface area (Å²) < 4.78 is 0. The van der Waals surface area contributed by atoms with Gasteiger partial charge >= 0.3 is 0 Å². The number of benzene rings is 1. The molecule has 2 aromatic rings. The van der Waals surface area contributed by atoms with Gasteiger partial charge in [0.25, 0.3) is 0 Å². The van der Waals surface area contributed by atoms with Gasteiger partial charge in [-0.05, 0) is 37.7 Å². The molecular formula is C17H19N3O. The Hall–Kier alpha value is -2.10. The second kappa shape index (κ2) is 4.72. The van der Waals surface area contributed by atoms with Gasteiger partial charge in [0.2, 0.25) is 5.91 Å². The first-order chi connectivity index (χ1) is 10.3. The Morgan fingerprint density at radius 2 is 2.10 bits per heavy atom. The van der Waals surface area contributed by atoms with E-state index < -0.39 is 0 Å². The van der Waals surface area contributed by atoms with Gasteiger partial charge in [0.05, 0.1) is 17.7 Å². The average molecular weight is 281 g/mol. The van der Waals surface area contributed by atoms with Gasteiger partial charge in [0, 0.05) is 11.3 Å². The smallest absolute Gasteiger partial charge is 0.231 e. The lowest BCUT2D eigenvalue weighted by atomic mass is 9.90. The van der Waals surface area contributed by atoms with Gasteiger partial charge in [-0.3, -0.25) is 9.89 Å². The van der Waals surface area contributed by atoms with Crippen LogP contribution in [-0.4, -0.2) is 16.1 Å². The highest BCUT2D eigenvalue weighted by atomic mass is 16.2. The highest BCUT2D eigenvalue weighted by Crippen LogP contribution is 2.48. The number of rotatable bonds is 3. The van der Waals surface area contributed by atoms with Crippen LogP contribution < -0.4 is 5.32 Å². The molecule has 108 valence electrons. The minimum atomic E-state index is -0.289. The molecule has 0 spiro atoms. The van der Waals surface area contributed by atoms with Gasteiger partial charge < -0.3 is 5.32 Å². The molecule has 1 heterocycles. The molecule has 1 aromatic heterocycles. The van der Waals surface area contributed by atoms with E-state index in [9.17, 15) is 4.79 Å². The molecule has 2 aliphatic rings. The van der Waals surface area contributed by atoms with E-state index in [0.717, 1.165) is 37.7 Å². The maximum absolute atomic E-state index is 12.8. The standard InChI is InChI=1S/C17H19N3O/c21-16(17(9-10-17)12-5-2-1-3-6-12)19-14-7-4-8-15-13(14)11-18-20-15/h1-3,5-6,11,14H,4,7-10H2,(H,18,20)(H,19,21). The Kier molecular flexibility index (Phi) is 2.84. The van der Waals surface area contributed by atoms with Crippen molar-refractivity contribution in [3.05, 3.63) is 53.3 Å². The number of hydrogen-bond donors (Lipinski definition) is 2. The highest BCUT2D eigenvalue weighted by molar-refractivity contribution is 5.91. The number of carbonyl (C=O) groups excluding carboxylic acids is 1. The van der Waals surface area contributed by atoms with Crippen molar-refractivity contribution < 1.29 is 4.79 Å². The first kappa shape index (κ1) is 12.6. The Balaban J connectivity index is 1.55. The van der Waals surface area contributed by atoms with Gasteiger partial charge in [0.15, 0.2) is 0 Å². The molecule has 1 aromatic carbocycles. The van der Waals surface area contributed by atoms with Gasteiger partial charge in [-0.15, -0.1) is 0 Å². The number of fused-ring (bicyclic) bond motifs is 1. The third kappa shape index (κ3) is 2.06. The lowest BCUT2D eigenvalue weighted by Gasteiger charge is -2.25. The SMILES string of the molecule is O=C(NC1CCCc2[nH]ncc21)C1(c2ccccc2)CC1. The number of aryl methyl sites for hydroxylation is 1. The van der Waals surface area contributed by atoms with Gasteiger partial charge in [-0.2, -0.15) is 5.10 Å². The first-order valence-electron chi connectivity index (χ1n) is 7.68. The molecule has 1 saturated carbocycles. The van der Waals surface area contributed by atoms with Crippen LogP contribution in [-0.2, 0) is 16.6 Å². The Bertz CT molecular complexity index is 658. The third-order valence-corrected chi connectivity index (χ3v) is 4.86. The molecular weight excluding hydrogens is 262 g/mol. The van der Waals surface area contributed by atoms with Crippen LogP contribution in [0.15, 0.2) is 36.5 Å². The average Bonchev–Trinajstić information content (AvgIpc) is 3.20. The van der Waals surface area contributed by atoms with E-state index >= 15 is 0 Å². The quantitative estimate of drug-likeness (QED) is 0.908. The maximum atomic E-state index is 12.8. The molecule has 2 aliphatic carbocycles. The summed E-state index contributed by atoms with van der Waals surface area (Å²) in [6.07, 6.45) is 6.90. The first-order valence-corrected chi connectivity index (χ1v) is 7.68. The number of carbonyl (C=O) groups is 1. The molecule has 21 heavy (non-hydrogen) atoms. The predicted octanol–water partition coefficient (Wildman–Crippen LogP) is 2.64. The zero-order chi connectivity index (χ0) is 14.3. The van der Waals surface area contributed by atoms with Crippen LogP contribution in [0, 0.1) is 0 Å². The normalized spacial score (nSPS) is 22.4. The van der Waals surface area contributed by atoms with Crippen LogP contribution in [0.1, 0.15) is 48.5 Å². The van der Waals surface area contributed by atoms with Crippen molar-refractivity contribution in [2.75, 3.05) is 0 Å². The lowest BCUT2D eigenvalue weighted by Crippen LogP contribution is -2.38. The Morgan fingerprint density at radius 3 is 2.86 bits per heavy atom. The van der Waals surface area contributed by atoms with E-state index in [1.54, 1.807) is 0 Å². The second-order valence-electron chi connectivity index (χ2n) is 6.17. The number of aromatic nitrogens is 2. The fourth-order valence-electron chi connectivity index (χ4n) is 3.44. The molecule has 0 radical (unpaired) electrons. The molecule has 4 rings (SSSR count). The third-order valence-electron chi connectivity index (χ3n) is 4.86. The predicted molar refractivity (Wildman–Crippen MR) is 79.8 cm³/mol. The zero-order valence-corrected chi connectivity index (χ0v) is 11.9. The summed E-state index contributed by atoms with van der Waals surface area (Å²) in [7, 11) is 0. The minimum Gasteiger partial charge on any atom is -0.348 e. The molecule has 0 bridgehead atoms. The van der Waals surface area contributed by atoms with Crippen LogP contribution in [0.5, 0.6) is 0 Å². The summed E-state index contributed by atoms with van der Waals surface area (Å²) in [5.74, 6) is 0.174. The summed E-state index contributed by atoms with van der Waals surface area (Å²) in [6, 6.07) is 10.3. The van der Waals surface area contributed by atoms with Crippen LogP contribution in [0.4, 0.5) is 0 Å². The van der Waals surface area contributed by atoms with E-state index in [-0.39, 0.29) is 17.4 Å². The fraction of sp³-hybridized carbons (Fsp3) is 0.412. The van der Waals surface area contributed by atoms with Gasteiger partial charge in [0.1, 0.15) is 0 Å². The van der Waals surface area contributed by atoms with E-state index in [2.05, 4.69) is 27.6 Å². The van der Waals surface area contributed by atoms with Crippen LogP contribution in [0.2, 0.25) is 0 Å². The van der Waals surface area contributed by atoms with E-state index in [4.69, 9.17) is 0 Å². The van der Waals surface area contributed by atoms with Gasteiger partial charge in [-0.25, -0.2) is 0 Å². The van der Waals surface area contributed by atoms with E-state index in [0.29, 0.717) is 0 Å².